The van der Waals surface area contributed by atoms with Gasteiger partial charge in [-0.1, -0.05) is 29.8 Å². The van der Waals surface area contributed by atoms with Crippen molar-refractivity contribution in [2.45, 2.75) is 19.9 Å². The van der Waals surface area contributed by atoms with Crippen LogP contribution >= 0.6 is 0 Å². The van der Waals surface area contributed by atoms with E-state index in [4.69, 9.17) is 14.6 Å². The number of benzene rings is 2. The molecule has 3 rings (SSSR count). The van der Waals surface area contributed by atoms with Gasteiger partial charge >= 0.3 is 12.1 Å². The number of hydrogen-bond donors (Lipinski definition) is 1. The predicted molar refractivity (Wildman–Crippen MR) is 96.3 cm³/mol. The van der Waals surface area contributed by atoms with Crippen molar-refractivity contribution in [2.75, 3.05) is 20.3 Å². The van der Waals surface area contributed by atoms with Gasteiger partial charge in [-0.3, -0.25) is 4.79 Å². The molecule has 0 aromatic heterocycles. The third-order valence-electron chi connectivity index (χ3n) is 4.40. The molecule has 26 heavy (non-hydrogen) atoms. The number of amides is 1. The highest BCUT2D eigenvalue weighted by molar-refractivity contribution is 5.75. The second-order valence-corrected chi connectivity index (χ2v) is 6.29. The first-order valence-corrected chi connectivity index (χ1v) is 8.38. The molecule has 2 aromatic carbocycles. The van der Waals surface area contributed by atoms with Crippen LogP contribution in [0.3, 0.4) is 0 Å². The zero-order chi connectivity index (χ0) is 18.7. The molecular formula is C20H21NO5. The molecule has 1 heterocycles. The van der Waals surface area contributed by atoms with Crippen molar-refractivity contribution in [3.63, 3.8) is 0 Å². The molecule has 136 valence electrons. The van der Waals surface area contributed by atoms with Crippen LogP contribution < -0.4 is 4.74 Å². The Morgan fingerprint density at radius 2 is 2.04 bits per heavy atom. The van der Waals surface area contributed by atoms with E-state index in [1.165, 1.54) is 7.11 Å². The average Bonchev–Trinajstić information content (AvgIpc) is 2.99. The van der Waals surface area contributed by atoms with E-state index in [0.29, 0.717) is 31.0 Å². The van der Waals surface area contributed by atoms with Crippen LogP contribution in [0.25, 0.3) is 11.1 Å². The molecule has 0 aliphatic carbocycles. The number of ether oxygens (including phenoxy) is 2. The minimum absolute atomic E-state index is 0.114. The first-order chi connectivity index (χ1) is 12.5. The first-order valence-electron chi connectivity index (χ1n) is 8.38. The smallest absolute Gasteiger partial charge is 0.410 e. The molecule has 0 bridgehead atoms. The maximum Gasteiger partial charge on any atom is 0.410 e. The maximum absolute atomic E-state index is 11.8. The van der Waals surface area contributed by atoms with Crippen molar-refractivity contribution in [3.05, 3.63) is 53.1 Å². The largest absolute Gasteiger partial charge is 0.496 e. The lowest BCUT2D eigenvalue weighted by molar-refractivity contribution is -0.136. The fourth-order valence-corrected chi connectivity index (χ4v) is 3.16. The maximum atomic E-state index is 11.8. The van der Waals surface area contributed by atoms with Gasteiger partial charge in [-0.2, -0.15) is 0 Å². The van der Waals surface area contributed by atoms with Gasteiger partial charge in [0.2, 0.25) is 0 Å². The number of methoxy groups -OCH3 is 1. The van der Waals surface area contributed by atoms with Gasteiger partial charge in [0.1, 0.15) is 12.4 Å². The first kappa shape index (κ1) is 17.8. The number of carboxylic acids is 1. The van der Waals surface area contributed by atoms with Crippen LogP contribution in [0.15, 0.2) is 36.4 Å². The summed E-state index contributed by atoms with van der Waals surface area (Å²) < 4.78 is 10.3. The number of aliphatic carboxylic acids is 1. The Kier molecular flexibility index (Phi) is 5.11. The Morgan fingerprint density at radius 3 is 2.69 bits per heavy atom. The number of cyclic esters (lactones) is 1. The zero-order valence-corrected chi connectivity index (χ0v) is 14.8. The van der Waals surface area contributed by atoms with E-state index >= 15 is 0 Å². The van der Waals surface area contributed by atoms with Crippen molar-refractivity contribution >= 4 is 12.1 Å². The lowest BCUT2D eigenvalue weighted by atomic mass is 9.95. The van der Waals surface area contributed by atoms with Crippen LogP contribution in [-0.2, 0) is 22.5 Å². The van der Waals surface area contributed by atoms with Crippen LogP contribution in [0.4, 0.5) is 4.79 Å². The van der Waals surface area contributed by atoms with Gasteiger partial charge in [0.15, 0.2) is 0 Å². The van der Waals surface area contributed by atoms with Crippen LogP contribution in [0.1, 0.15) is 16.7 Å². The molecule has 1 N–H and O–H groups in total. The van der Waals surface area contributed by atoms with E-state index in [-0.39, 0.29) is 12.5 Å². The predicted octanol–water partition coefficient (Wildman–Crippen LogP) is 3.25. The van der Waals surface area contributed by atoms with Crippen molar-refractivity contribution in [2.24, 2.45) is 0 Å². The van der Waals surface area contributed by atoms with E-state index in [9.17, 15) is 9.59 Å². The van der Waals surface area contributed by atoms with E-state index in [1.807, 2.05) is 37.3 Å². The summed E-state index contributed by atoms with van der Waals surface area (Å²) >= 11 is 0. The summed E-state index contributed by atoms with van der Waals surface area (Å²) in [6.07, 6.45) is -0.421. The Morgan fingerprint density at radius 1 is 1.23 bits per heavy atom. The van der Waals surface area contributed by atoms with Gasteiger partial charge in [0.05, 0.1) is 20.1 Å². The summed E-state index contributed by atoms with van der Waals surface area (Å²) in [6, 6.07) is 11.6. The molecule has 1 amide bonds. The Bertz CT molecular complexity index is 846. The number of hydrogen-bond acceptors (Lipinski definition) is 4. The quantitative estimate of drug-likeness (QED) is 0.861. The summed E-state index contributed by atoms with van der Waals surface area (Å²) in [5.41, 5.74) is 4.56. The molecule has 6 nitrogen and oxygen atoms in total. The summed E-state index contributed by atoms with van der Waals surface area (Å²) in [6.45, 7) is 3.43. The molecule has 0 spiro atoms. The summed E-state index contributed by atoms with van der Waals surface area (Å²) in [4.78, 5) is 24.6. The fourth-order valence-electron chi connectivity index (χ4n) is 3.16. The summed E-state index contributed by atoms with van der Waals surface area (Å²) in [5, 5.41) is 9.14. The SMILES string of the molecule is COc1ccc(-c2ccc(C)cc2CN2CCOC2=O)cc1CC(=O)O. The van der Waals surface area contributed by atoms with Gasteiger partial charge in [-0.15, -0.1) is 0 Å². The van der Waals surface area contributed by atoms with Crippen LogP contribution in [-0.4, -0.2) is 42.3 Å². The highest BCUT2D eigenvalue weighted by atomic mass is 16.6. The molecule has 0 radical (unpaired) electrons. The van der Waals surface area contributed by atoms with Crippen molar-refractivity contribution in [3.8, 4) is 16.9 Å². The van der Waals surface area contributed by atoms with E-state index in [2.05, 4.69) is 0 Å². The molecule has 2 aromatic rings. The Hall–Kier alpha value is -3.02. The number of carboxylic acid groups (broad SMARTS) is 1. The van der Waals surface area contributed by atoms with Gasteiger partial charge in [0, 0.05) is 12.1 Å². The van der Waals surface area contributed by atoms with Gasteiger partial charge in [-0.25, -0.2) is 4.79 Å². The van der Waals surface area contributed by atoms with Crippen LogP contribution in [0, 0.1) is 6.92 Å². The van der Waals surface area contributed by atoms with Gasteiger partial charge in [0.25, 0.3) is 0 Å². The van der Waals surface area contributed by atoms with Crippen molar-refractivity contribution < 1.29 is 24.2 Å². The average molecular weight is 355 g/mol. The minimum Gasteiger partial charge on any atom is -0.496 e. The van der Waals surface area contributed by atoms with Gasteiger partial charge in [-0.05, 0) is 35.7 Å². The Labute approximate surface area is 152 Å². The van der Waals surface area contributed by atoms with E-state index in [1.54, 1.807) is 11.0 Å². The topological polar surface area (TPSA) is 76.1 Å². The van der Waals surface area contributed by atoms with Crippen LogP contribution in [0.5, 0.6) is 5.75 Å². The number of carbonyl (C=O) groups excluding carboxylic acids is 1. The third-order valence-corrected chi connectivity index (χ3v) is 4.40. The standard InChI is InChI=1S/C20H21NO5/c1-13-3-5-17(16(9-13)12-21-7-8-26-20(21)24)14-4-6-18(25-2)15(10-14)11-19(22)23/h3-6,9-10H,7-8,11-12H2,1-2H3,(H,22,23). The second-order valence-electron chi connectivity index (χ2n) is 6.29. The Balaban J connectivity index is 2.00. The van der Waals surface area contributed by atoms with Crippen molar-refractivity contribution in [1.29, 1.82) is 0 Å². The molecule has 1 aliphatic rings. The zero-order valence-electron chi connectivity index (χ0n) is 14.8. The van der Waals surface area contributed by atoms with Crippen molar-refractivity contribution in [1.82, 2.24) is 4.90 Å². The third kappa shape index (κ3) is 3.79. The lowest BCUT2D eigenvalue weighted by Gasteiger charge is -2.18. The normalized spacial score (nSPS) is 13.6. The van der Waals surface area contributed by atoms with E-state index < -0.39 is 5.97 Å². The lowest BCUT2D eigenvalue weighted by Crippen LogP contribution is -2.23. The molecule has 0 saturated carbocycles. The van der Waals surface area contributed by atoms with E-state index in [0.717, 1.165) is 22.3 Å². The molecule has 6 heteroatoms. The molecule has 0 atom stereocenters. The molecule has 0 unspecified atom stereocenters. The molecule has 1 aliphatic heterocycles. The molecular weight excluding hydrogens is 334 g/mol. The van der Waals surface area contributed by atoms with Crippen LogP contribution in [0.2, 0.25) is 0 Å². The highest BCUT2D eigenvalue weighted by Crippen LogP contribution is 2.31. The monoisotopic (exact) mass is 355 g/mol. The summed E-state index contributed by atoms with van der Waals surface area (Å²) in [5.74, 6) is -0.364. The van der Waals surface area contributed by atoms with Gasteiger partial charge < -0.3 is 19.5 Å². The number of aryl methyl sites for hydroxylation is 1. The number of carbonyl (C=O) groups is 2. The second kappa shape index (κ2) is 7.47. The summed E-state index contributed by atoms with van der Waals surface area (Å²) in [7, 11) is 1.52. The fraction of sp³-hybridized carbons (Fsp3) is 0.300. The highest BCUT2D eigenvalue weighted by Gasteiger charge is 2.23. The molecule has 1 saturated heterocycles. The number of nitrogens with zero attached hydrogens (tertiary/aromatic N) is 1. The molecule has 1 fully saturated rings. The number of rotatable bonds is 6. The minimum atomic E-state index is -0.913.